The summed E-state index contributed by atoms with van der Waals surface area (Å²) in [5.74, 6) is -0.171. The Kier molecular flexibility index (Phi) is 9.90. The van der Waals surface area contributed by atoms with Gasteiger partial charge < -0.3 is 19.7 Å². The predicted molar refractivity (Wildman–Crippen MR) is 89.0 cm³/mol. The van der Waals surface area contributed by atoms with Crippen LogP contribution in [0.5, 0.6) is 0 Å². The van der Waals surface area contributed by atoms with Gasteiger partial charge in [-0.25, -0.2) is 0 Å². The van der Waals surface area contributed by atoms with E-state index in [4.69, 9.17) is 9.84 Å². The van der Waals surface area contributed by atoms with Crippen molar-refractivity contribution < 1.29 is 19.2 Å². The summed E-state index contributed by atoms with van der Waals surface area (Å²) >= 11 is -1.14. The molecule has 1 aliphatic rings. The van der Waals surface area contributed by atoms with Gasteiger partial charge in [-0.2, -0.15) is 0 Å². The minimum atomic E-state index is -1.14. The average molecular weight is 327 g/mol. The van der Waals surface area contributed by atoms with E-state index in [1.54, 1.807) is 6.08 Å². The minimum absolute atomic E-state index is 0.0303. The molecule has 0 aliphatic heterocycles. The molecule has 2 atom stereocenters. The zero-order valence-electron chi connectivity index (χ0n) is 12.8. The van der Waals surface area contributed by atoms with Gasteiger partial charge in [-0.05, 0) is 24.0 Å². The summed E-state index contributed by atoms with van der Waals surface area (Å²) in [7, 11) is 0. The van der Waals surface area contributed by atoms with Gasteiger partial charge in [0, 0.05) is 13.0 Å². The van der Waals surface area contributed by atoms with Crippen molar-refractivity contribution in [3.8, 4) is 0 Å². The van der Waals surface area contributed by atoms with Crippen molar-refractivity contribution in [1.82, 2.24) is 5.32 Å². The topological polar surface area (TPSA) is 81.6 Å². The van der Waals surface area contributed by atoms with Crippen LogP contribution in [0.15, 0.2) is 36.5 Å². The van der Waals surface area contributed by atoms with Gasteiger partial charge in [0.05, 0.1) is 19.8 Å². The Bertz CT molecular complexity index is 409. The molecule has 124 valence electrons. The second-order valence-electron chi connectivity index (χ2n) is 5.02. The summed E-state index contributed by atoms with van der Waals surface area (Å²) in [6, 6.07) is 0. The van der Waals surface area contributed by atoms with Crippen molar-refractivity contribution in [1.29, 1.82) is 0 Å². The minimum Gasteiger partial charge on any atom is -0.616 e. The first-order valence-electron chi connectivity index (χ1n) is 7.47. The van der Waals surface area contributed by atoms with E-state index in [9.17, 15) is 9.35 Å². The Hall–Kier alpha value is -1.08. The molecule has 0 heterocycles. The molecular formula is C16H25NO4S. The monoisotopic (exact) mass is 327 g/mol. The molecule has 22 heavy (non-hydrogen) atoms. The van der Waals surface area contributed by atoms with Crippen LogP contribution in [-0.2, 0) is 20.7 Å². The van der Waals surface area contributed by atoms with E-state index in [1.165, 1.54) is 5.57 Å². The Morgan fingerprint density at radius 1 is 1.50 bits per heavy atom. The maximum Gasteiger partial charge on any atom is 0.270 e. The van der Waals surface area contributed by atoms with Crippen molar-refractivity contribution in [2.75, 3.05) is 32.1 Å². The van der Waals surface area contributed by atoms with E-state index in [0.29, 0.717) is 13.2 Å². The van der Waals surface area contributed by atoms with Crippen LogP contribution in [0.4, 0.5) is 0 Å². The van der Waals surface area contributed by atoms with Gasteiger partial charge in [0.15, 0.2) is 5.75 Å². The van der Waals surface area contributed by atoms with E-state index in [-0.39, 0.29) is 30.1 Å². The van der Waals surface area contributed by atoms with Crippen LogP contribution >= 0.6 is 0 Å². The Labute approximate surface area is 135 Å². The summed E-state index contributed by atoms with van der Waals surface area (Å²) < 4.78 is 17.2. The number of aliphatic hydroxyl groups excluding tert-OH is 1. The van der Waals surface area contributed by atoms with Gasteiger partial charge >= 0.3 is 0 Å². The van der Waals surface area contributed by atoms with Crippen LogP contribution in [0.1, 0.15) is 19.3 Å². The number of amides is 1. The number of nitrogens with one attached hydrogen (secondary N) is 1. The molecule has 0 bridgehead atoms. The lowest BCUT2D eigenvalue weighted by Gasteiger charge is -2.16. The van der Waals surface area contributed by atoms with Crippen molar-refractivity contribution in [3.05, 3.63) is 36.5 Å². The number of carbonyl (C=O) groups is 1. The van der Waals surface area contributed by atoms with Gasteiger partial charge in [0.2, 0.25) is 0 Å². The predicted octanol–water partition coefficient (Wildman–Crippen LogP) is 1.08. The summed E-state index contributed by atoms with van der Waals surface area (Å²) in [6.45, 7) is 4.57. The smallest absolute Gasteiger partial charge is 0.270 e. The molecule has 0 aromatic rings. The fraction of sp³-hybridized carbons (Fsp3) is 0.562. The zero-order chi connectivity index (χ0) is 16.2. The summed E-state index contributed by atoms with van der Waals surface area (Å²) in [4.78, 5) is 11.7. The first kappa shape index (κ1) is 19.0. The summed E-state index contributed by atoms with van der Waals surface area (Å²) in [5.41, 5.74) is 1.27. The van der Waals surface area contributed by atoms with Crippen LogP contribution in [0, 0.1) is 0 Å². The third kappa shape index (κ3) is 7.79. The lowest BCUT2D eigenvalue weighted by atomic mass is 10.2. The largest absolute Gasteiger partial charge is 0.616 e. The van der Waals surface area contributed by atoms with E-state index < -0.39 is 11.2 Å². The molecular weight excluding hydrogens is 302 g/mol. The van der Waals surface area contributed by atoms with Crippen LogP contribution in [0.2, 0.25) is 0 Å². The Balaban J connectivity index is 2.23. The first-order chi connectivity index (χ1) is 10.7. The van der Waals surface area contributed by atoms with Gasteiger partial charge in [0.25, 0.3) is 5.91 Å². The fourth-order valence-electron chi connectivity index (χ4n) is 2.22. The van der Waals surface area contributed by atoms with E-state index >= 15 is 0 Å². The Morgan fingerprint density at radius 2 is 2.32 bits per heavy atom. The van der Waals surface area contributed by atoms with E-state index in [1.807, 2.05) is 18.2 Å². The molecule has 2 unspecified atom stereocenters. The SMILES string of the molecule is C=C/C=C\C=C1/CCC([S+]([O-])CC(=O)NCCOCCO)C1. The molecule has 2 N–H and O–H groups in total. The van der Waals surface area contributed by atoms with E-state index in [2.05, 4.69) is 11.9 Å². The molecule has 1 aliphatic carbocycles. The molecule has 1 fully saturated rings. The highest BCUT2D eigenvalue weighted by molar-refractivity contribution is 7.92. The second-order valence-corrected chi connectivity index (χ2v) is 6.74. The molecule has 0 spiro atoms. The first-order valence-corrected chi connectivity index (χ1v) is 8.85. The normalized spacial score (nSPS) is 21.4. The highest BCUT2D eigenvalue weighted by Crippen LogP contribution is 2.30. The van der Waals surface area contributed by atoms with Gasteiger partial charge in [-0.1, -0.05) is 36.5 Å². The molecule has 0 radical (unpaired) electrons. The number of hydrogen-bond donors (Lipinski definition) is 2. The van der Waals surface area contributed by atoms with Crippen molar-refractivity contribution in [3.63, 3.8) is 0 Å². The third-order valence-electron chi connectivity index (χ3n) is 3.31. The van der Waals surface area contributed by atoms with Crippen molar-refractivity contribution in [2.45, 2.75) is 24.5 Å². The lowest BCUT2D eigenvalue weighted by molar-refractivity contribution is -0.118. The van der Waals surface area contributed by atoms with Gasteiger partial charge in [-0.3, -0.25) is 4.79 Å². The average Bonchev–Trinajstić information content (AvgIpc) is 2.96. The molecule has 0 aromatic heterocycles. The van der Waals surface area contributed by atoms with Crippen molar-refractivity contribution in [2.24, 2.45) is 0 Å². The number of ether oxygens (including phenoxy) is 1. The number of carbonyl (C=O) groups excluding carboxylic acids is 1. The van der Waals surface area contributed by atoms with Crippen LogP contribution in [0.3, 0.4) is 0 Å². The maximum atomic E-state index is 12.2. The fourth-order valence-corrected chi connectivity index (χ4v) is 3.59. The summed E-state index contributed by atoms with van der Waals surface area (Å²) in [6.07, 6.45) is 10.2. The van der Waals surface area contributed by atoms with Gasteiger partial charge in [-0.15, -0.1) is 0 Å². The van der Waals surface area contributed by atoms with Crippen LogP contribution in [0.25, 0.3) is 0 Å². The third-order valence-corrected chi connectivity index (χ3v) is 5.00. The maximum absolute atomic E-state index is 12.2. The number of hydrogen-bond acceptors (Lipinski definition) is 4. The number of aliphatic hydroxyl groups is 1. The standard InChI is InChI=1S/C16H25NO4S/c1-2-3-4-5-14-6-7-15(12-14)22(20)13-16(19)17-8-10-21-11-9-18/h2-5,15,18H,1,6-13H2,(H,17,19)/b4-3-,14-5+. The lowest BCUT2D eigenvalue weighted by Crippen LogP contribution is -2.35. The van der Waals surface area contributed by atoms with Crippen LogP contribution in [-0.4, -0.2) is 52.9 Å². The van der Waals surface area contributed by atoms with E-state index in [0.717, 1.165) is 19.3 Å². The highest BCUT2D eigenvalue weighted by atomic mass is 32.2. The number of allylic oxidation sites excluding steroid dienone is 5. The Morgan fingerprint density at radius 3 is 3.05 bits per heavy atom. The highest BCUT2D eigenvalue weighted by Gasteiger charge is 2.30. The van der Waals surface area contributed by atoms with Gasteiger partial charge in [0.1, 0.15) is 5.25 Å². The summed E-state index contributed by atoms with van der Waals surface area (Å²) in [5, 5.41) is 11.3. The molecule has 0 aromatic carbocycles. The molecule has 5 nitrogen and oxygen atoms in total. The molecule has 1 rings (SSSR count). The molecule has 0 saturated heterocycles. The number of rotatable bonds is 10. The zero-order valence-corrected chi connectivity index (χ0v) is 13.6. The van der Waals surface area contributed by atoms with Crippen LogP contribution < -0.4 is 5.32 Å². The second kappa shape index (κ2) is 11.5. The van der Waals surface area contributed by atoms with Crippen molar-refractivity contribution >= 4 is 17.1 Å². The molecule has 1 amide bonds. The molecule has 1 saturated carbocycles. The quantitative estimate of drug-likeness (QED) is 0.357. The molecule has 6 heteroatoms.